The van der Waals surface area contributed by atoms with Crippen molar-refractivity contribution < 1.29 is 14.3 Å². The number of rotatable bonds is 9. The Morgan fingerprint density at radius 2 is 1.54 bits per heavy atom. The first-order chi connectivity index (χ1) is 18.9. The van der Waals surface area contributed by atoms with Crippen LogP contribution in [0.3, 0.4) is 0 Å². The lowest BCUT2D eigenvalue weighted by molar-refractivity contribution is 0.0933. The van der Waals surface area contributed by atoms with Crippen molar-refractivity contribution in [3.05, 3.63) is 94.7 Å². The van der Waals surface area contributed by atoms with Gasteiger partial charge in [0, 0.05) is 25.5 Å². The fraction of sp³-hybridized carbons (Fsp3) is 0.167. The van der Waals surface area contributed by atoms with E-state index in [1.807, 2.05) is 38.1 Å². The van der Waals surface area contributed by atoms with Crippen LogP contribution in [0.5, 0.6) is 11.6 Å². The third kappa shape index (κ3) is 6.55. The van der Waals surface area contributed by atoms with E-state index in [0.29, 0.717) is 35.7 Å². The molecule has 1 aromatic heterocycles. The maximum absolute atomic E-state index is 12.9. The quantitative estimate of drug-likeness (QED) is 0.281. The Hall–Kier alpha value is -5.25. The summed E-state index contributed by atoms with van der Waals surface area (Å²) in [5.74, 6) is 0.499. The first-order valence-electron chi connectivity index (χ1n) is 12.1. The molecule has 1 amide bonds. The summed E-state index contributed by atoms with van der Waals surface area (Å²) in [5.41, 5.74) is 5.62. The Morgan fingerprint density at radius 3 is 2.13 bits per heavy atom. The largest absolute Gasteiger partial charge is 0.437 e. The monoisotopic (exact) mass is 518 g/mol. The Bertz CT molecular complexity index is 1550. The van der Waals surface area contributed by atoms with Gasteiger partial charge in [-0.15, -0.1) is 0 Å². The standard InChI is InChI=1S/C30H26N6O3/c1-19-14-24(23-8-4-21(16-31)5-9-23)15-20(2)27(19)39-29-26(28(37)33-12-13-38-3)18-34-30(36-29)35-25-10-6-22(17-32)7-11-25/h4-11,14-15,18H,12-13H2,1-3H3,(H,33,37)(H,34,35,36). The van der Waals surface area contributed by atoms with Crippen LogP contribution in [-0.2, 0) is 4.74 Å². The van der Waals surface area contributed by atoms with Crippen LogP contribution >= 0.6 is 0 Å². The lowest BCUT2D eigenvalue weighted by Gasteiger charge is -2.16. The van der Waals surface area contributed by atoms with Gasteiger partial charge in [0.1, 0.15) is 11.3 Å². The van der Waals surface area contributed by atoms with Gasteiger partial charge in [-0.05, 0) is 84.6 Å². The van der Waals surface area contributed by atoms with Gasteiger partial charge in [0.2, 0.25) is 11.8 Å². The highest BCUT2D eigenvalue weighted by Gasteiger charge is 2.19. The number of nitrogens with one attached hydrogen (secondary N) is 2. The molecule has 0 atom stereocenters. The van der Waals surface area contributed by atoms with Gasteiger partial charge in [-0.25, -0.2) is 4.98 Å². The number of carbonyl (C=O) groups is 1. The van der Waals surface area contributed by atoms with Gasteiger partial charge in [-0.1, -0.05) is 12.1 Å². The highest BCUT2D eigenvalue weighted by atomic mass is 16.5. The molecule has 0 saturated carbocycles. The SMILES string of the molecule is COCCNC(=O)c1cnc(Nc2ccc(C#N)cc2)nc1Oc1c(C)cc(-c2ccc(C#N)cc2)cc1C. The molecule has 0 fully saturated rings. The first kappa shape index (κ1) is 26.8. The number of hydrogen-bond acceptors (Lipinski definition) is 8. The fourth-order valence-corrected chi connectivity index (χ4v) is 3.89. The Morgan fingerprint density at radius 1 is 0.923 bits per heavy atom. The number of carbonyl (C=O) groups excluding carboxylic acids is 1. The van der Waals surface area contributed by atoms with Crippen molar-refractivity contribution in [2.75, 3.05) is 25.6 Å². The van der Waals surface area contributed by atoms with E-state index in [1.165, 1.54) is 6.20 Å². The van der Waals surface area contributed by atoms with E-state index in [4.69, 9.17) is 20.0 Å². The van der Waals surface area contributed by atoms with Crippen molar-refractivity contribution in [2.24, 2.45) is 0 Å². The maximum Gasteiger partial charge on any atom is 0.258 e. The third-order valence-corrected chi connectivity index (χ3v) is 5.87. The molecule has 4 aromatic rings. The van der Waals surface area contributed by atoms with E-state index >= 15 is 0 Å². The van der Waals surface area contributed by atoms with Crippen molar-refractivity contribution in [1.29, 1.82) is 10.5 Å². The molecule has 2 N–H and O–H groups in total. The van der Waals surface area contributed by atoms with Crippen molar-refractivity contribution in [3.63, 3.8) is 0 Å². The molecule has 0 aliphatic carbocycles. The Balaban J connectivity index is 1.67. The summed E-state index contributed by atoms with van der Waals surface area (Å²) in [6.45, 7) is 4.52. The van der Waals surface area contributed by atoms with Crippen molar-refractivity contribution >= 4 is 17.5 Å². The smallest absolute Gasteiger partial charge is 0.258 e. The molecule has 0 aliphatic heterocycles. The van der Waals surface area contributed by atoms with Gasteiger partial charge in [-0.2, -0.15) is 15.5 Å². The molecular formula is C30H26N6O3. The summed E-state index contributed by atoms with van der Waals surface area (Å²) in [4.78, 5) is 21.7. The van der Waals surface area contributed by atoms with Crippen LogP contribution < -0.4 is 15.4 Å². The van der Waals surface area contributed by atoms with Crippen molar-refractivity contribution in [1.82, 2.24) is 15.3 Å². The molecule has 9 nitrogen and oxygen atoms in total. The lowest BCUT2D eigenvalue weighted by Crippen LogP contribution is -2.27. The molecule has 3 aromatic carbocycles. The van der Waals surface area contributed by atoms with Gasteiger partial charge in [-0.3, -0.25) is 4.79 Å². The first-order valence-corrected chi connectivity index (χ1v) is 12.1. The maximum atomic E-state index is 12.9. The highest BCUT2D eigenvalue weighted by Crippen LogP contribution is 2.34. The summed E-state index contributed by atoms with van der Waals surface area (Å²) in [6.07, 6.45) is 1.41. The molecule has 194 valence electrons. The molecule has 0 radical (unpaired) electrons. The minimum atomic E-state index is -0.392. The van der Waals surface area contributed by atoms with Crippen LogP contribution in [0, 0.1) is 36.5 Å². The minimum Gasteiger partial charge on any atom is -0.437 e. The van der Waals surface area contributed by atoms with Crippen LogP contribution in [-0.4, -0.2) is 36.1 Å². The number of aromatic nitrogens is 2. The topological polar surface area (TPSA) is 133 Å². The van der Waals surface area contributed by atoms with E-state index in [9.17, 15) is 4.79 Å². The van der Waals surface area contributed by atoms with Gasteiger partial charge in [0.15, 0.2) is 0 Å². The van der Waals surface area contributed by atoms with E-state index < -0.39 is 5.91 Å². The van der Waals surface area contributed by atoms with Crippen LogP contribution in [0.1, 0.15) is 32.6 Å². The van der Waals surface area contributed by atoms with Crippen LogP contribution in [0.4, 0.5) is 11.6 Å². The number of amides is 1. The molecule has 0 aliphatic rings. The molecule has 0 unspecified atom stereocenters. The Labute approximate surface area is 226 Å². The molecule has 9 heteroatoms. The summed E-state index contributed by atoms with van der Waals surface area (Å²) >= 11 is 0. The lowest BCUT2D eigenvalue weighted by atomic mass is 9.99. The zero-order valence-electron chi connectivity index (χ0n) is 21.8. The minimum absolute atomic E-state index is 0.0911. The second-order valence-electron chi connectivity index (χ2n) is 8.71. The molecule has 0 saturated heterocycles. The molecule has 0 bridgehead atoms. The predicted octanol–water partition coefficient (Wildman–Crippen LogP) is 5.42. The number of ether oxygens (including phenoxy) is 2. The molecular weight excluding hydrogens is 492 g/mol. The van der Waals surface area contributed by atoms with E-state index in [-0.39, 0.29) is 17.4 Å². The second kappa shape index (κ2) is 12.3. The Kier molecular flexibility index (Phi) is 8.47. The third-order valence-electron chi connectivity index (χ3n) is 5.87. The van der Waals surface area contributed by atoms with Crippen LogP contribution in [0.15, 0.2) is 66.9 Å². The van der Waals surface area contributed by atoms with Crippen molar-refractivity contribution in [3.8, 4) is 34.9 Å². The summed E-state index contributed by atoms with van der Waals surface area (Å²) < 4.78 is 11.3. The number of aryl methyl sites for hydroxylation is 2. The molecule has 0 spiro atoms. The van der Waals surface area contributed by atoms with Gasteiger partial charge in [0.05, 0.1) is 29.9 Å². The summed E-state index contributed by atoms with van der Waals surface area (Å²) in [7, 11) is 1.56. The number of nitriles is 2. The number of benzene rings is 3. The van der Waals surface area contributed by atoms with Gasteiger partial charge >= 0.3 is 0 Å². The average molecular weight is 519 g/mol. The second-order valence-corrected chi connectivity index (χ2v) is 8.71. The normalized spacial score (nSPS) is 10.3. The zero-order valence-corrected chi connectivity index (χ0v) is 21.8. The summed E-state index contributed by atoms with van der Waals surface area (Å²) in [6, 6.07) is 22.4. The zero-order chi connectivity index (χ0) is 27.8. The van der Waals surface area contributed by atoms with Gasteiger partial charge < -0.3 is 20.1 Å². The highest BCUT2D eigenvalue weighted by molar-refractivity contribution is 5.96. The molecule has 4 rings (SSSR count). The fourth-order valence-electron chi connectivity index (χ4n) is 3.89. The molecule has 1 heterocycles. The van der Waals surface area contributed by atoms with Crippen LogP contribution in [0.25, 0.3) is 11.1 Å². The van der Waals surface area contributed by atoms with E-state index in [2.05, 4.69) is 32.7 Å². The van der Waals surface area contributed by atoms with E-state index in [1.54, 1.807) is 43.5 Å². The average Bonchev–Trinajstić information content (AvgIpc) is 2.95. The van der Waals surface area contributed by atoms with Crippen LogP contribution in [0.2, 0.25) is 0 Å². The summed E-state index contributed by atoms with van der Waals surface area (Å²) in [5, 5.41) is 24.0. The predicted molar refractivity (Wildman–Crippen MR) is 147 cm³/mol. The number of anilines is 2. The molecule has 39 heavy (non-hydrogen) atoms. The number of hydrogen-bond donors (Lipinski definition) is 2. The number of nitrogens with zero attached hydrogens (tertiary/aromatic N) is 4. The van der Waals surface area contributed by atoms with Gasteiger partial charge in [0.25, 0.3) is 5.91 Å². The van der Waals surface area contributed by atoms with E-state index in [0.717, 1.165) is 22.3 Å². The van der Waals surface area contributed by atoms with Crippen molar-refractivity contribution in [2.45, 2.75) is 13.8 Å². The number of methoxy groups -OCH3 is 1.